The van der Waals surface area contributed by atoms with Crippen LogP contribution in [0.1, 0.15) is 33.1 Å². The van der Waals surface area contributed by atoms with Crippen LogP contribution < -0.4 is 10.6 Å². The first-order valence-electron chi connectivity index (χ1n) is 8.01. The molecule has 0 unspecified atom stereocenters. The third kappa shape index (κ3) is 15.4. The molecule has 0 aromatic rings. The molecule has 0 bridgehead atoms. The smallest absolute Gasteiger partial charge is 0.191 e. The first-order valence-corrected chi connectivity index (χ1v) is 8.01. The molecule has 6 heteroatoms. The third-order valence-electron chi connectivity index (χ3n) is 2.70. The monoisotopic (exact) mass is 303 g/mol. The van der Waals surface area contributed by atoms with E-state index in [1.165, 1.54) is 0 Å². The van der Waals surface area contributed by atoms with Crippen LogP contribution in [0, 0.1) is 0 Å². The molecule has 0 fully saturated rings. The van der Waals surface area contributed by atoms with Gasteiger partial charge in [0.2, 0.25) is 0 Å². The van der Waals surface area contributed by atoms with E-state index in [1.54, 1.807) is 7.11 Å². The second kappa shape index (κ2) is 17.2. The molecule has 6 nitrogen and oxygen atoms in total. The van der Waals surface area contributed by atoms with Gasteiger partial charge in [0.1, 0.15) is 0 Å². The number of methoxy groups -OCH3 is 1. The normalized spacial score (nSPS) is 11.7. The molecule has 0 heterocycles. The molecule has 126 valence electrons. The van der Waals surface area contributed by atoms with Crippen LogP contribution in [0.3, 0.4) is 0 Å². The number of guanidine groups is 1. The van der Waals surface area contributed by atoms with Crippen LogP contribution in [-0.4, -0.2) is 65.7 Å². The molecule has 0 atom stereocenters. The average Bonchev–Trinajstić information content (AvgIpc) is 2.49. The minimum atomic E-state index is 0.664. The quantitative estimate of drug-likeness (QED) is 0.289. The summed E-state index contributed by atoms with van der Waals surface area (Å²) < 4.78 is 15.6. The molecule has 0 amide bonds. The molecule has 0 saturated heterocycles. The highest BCUT2D eigenvalue weighted by Crippen LogP contribution is 1.90. The Hall–Kier alpha value is -0.850. The van der Waals surface area contributed by atoms with Gasteiger partial charge in [-0.3, -0.25) is 4.99 Å². The minimum absolute atomic E-state index is 0.664. The number of rotatable bonds is 14. The standard InChI is InChI=1S/C15H33N3O3/c1-4-16-15(18-10-8-12-20-5-2)17-9-6-7-11-21-14-13-19-3/h4-14H2,1-3H3,(H2,16,17,18). The van der Waals surface area contributed by atoms with Crippen molar-refractivity contribution in [2.75, 3.05) is 59.8 Å². The van der Waals surface area contributed by atoms with E-state index in [1.807, 2.05) is 6.92 Å². The number of ether oxygens (including phenoxy) is 3. The number of hydrogen-bond donors (Lipinski definition) is 2. The Morgan fingerprint density at radius 2 is 1.71 bits per heavy atom. The fourth-order valence-corrected chi connectivity index (χ4v) is 1.62. The van der Waals surface area contributed by atoms with Crippen LogP contribution in [0.15, 0.2) is 4.99 Å². The molecule has 2 N–H and O–H groups in total. The molecule has 0 saturated carbocycles. The largest absolute Gasteiger partial charge is 0.382 e. The van der Waals surface area contributed by atoms with Gasteiger partial charge in [0.25, 0.3) is 0 Å². The van der Waals surface area contributed by atoms with E-state index >= 15 is 0 Å². The van der Waals surface area contributed by atoms with E-state index in [0.717, 1.165) is 64.7 Å². The topological polar surface area (TPSA) is 64.1 Å². The molecular weight excluding hydrogens is 270 g/mol. The number of unbranched alkanes of at least 4 members (excludes halogenated alkanes) is 1. The van der Waals surface area contributed by atoms with Crippen molar-refractivity contribution in [3.8, 4) is 0 Å². The highest BCUT2D eigenvalue weighted by atomic mass is 16.5. The maximum atomic E-state index is 5.42. The summed E-state index contributed by atoms with van der Waals surface area (Å²) in [6.07, 6.45) is 3.06. The van der Waals surface area contributed by atoms with Gasteiger partial charge in [-0.1, -0.05) is 0 Å². The van der Waals surface area contributed by atoms with Gasteiger partial charge in [0.15, 0.2) is 5.96 Å². The van der Waals surface area contributed by atoms with Gasteiger partial charge in [0, 0.05) is 46.6 Å². The zero-order valence-corrected chi connectivity index (χ0v) is 14.0. The summed E-state index contributed by atoms with van der Waals surface area (Å²) in [4.78, 5) is 4.51. The first kappa shape index (κ1) is 20.1. The molecule has 0 aliphatic heterocycles. The fraction of sp³-hybridized carbons (Fsp3) is 0.933. The van der Waals surface area contributed by atoms with Crippen molar-refractivity contribution in [1.82, 2.24) is 10.6 Å². The van der Waals surface area contributed by atoms with Gasteiger partial charge >= 0.3 is 0 Å². The lowest BCUT2D eigenvalue weighted by molar-refractivity contribution is 0.0689. The molecule has 0 spiro atoms. The second-order valence-corrected chi connectivity index (χ2v) is 4.55. The van der Waals surface area contributed by atoms with Crippen molar-refractivity contribution in [1.29, 1.82) is 0 Å². The molecular formula is C15H33N3O3. The maximum absolute atomic E-state index is 5.42. The van der Waals surface area contributed by atoms with E-state index in [4.69, 9.17) is 14.2 Å². The highest BCUT2D eigenvalue weighted by molar-refractivity contribution is 5.79. The summed E-state index contributed by atoms with van der Waals surface area (Å²) in [5.74, 6) is 0.884. The summed E-state index contributed by atoms with van der Waals surface area (Å²) in [5.41, 5.74) is 0. The predicted molar refractivity (Wildman–Crippen MR) is 87.0 cm³/mol. The van der Waals surface area contributed by atoms with Crippen LogP contribution in [-0.2, 0) is 14.2 Å². The van der Waals surface area contributed by atoms with Crippen molar-refractivity contribution in [3.05, 3.63) is 0 Å². The van der Waals surface area contributed by atoms with E-state index in [-0.39, 0.29) is 0 Å². The first-order chi connectivity index (χ1) is 10.3. The van der Waals surface area contributed by atoms with Crippen LogP contribution in [0.2, 0.25) is 0 Å². The highest BCUT2D eigenvalue weighted by Gasteiger charge is 1.96. The van der Waals surface area contributed by atoms with E-state index in [2.05, 4.69) is 22.5 Å². The summed E-state index contributed by atoms with van der Waals surface area (Å²) in [5, 5.41) is 6.57. The van der Waals surface area contributed by atoms with Crippen molar-refractivity contribution < 1.29 is 14.2 Å². The second-order valence-electron chi connectivity index (χ2n) is 4.55. The van der Waals surface area contributed by atoms with E-state index < -0.39 is 0 Å². The van der Waals surface area contributed by atoms with Gasteiger partial charge < -0.3 is 24.8 Å². The van der Waals surface area contributed by atoms with Crippen molar-refractivity contribution in [3.63, 3.8) is 0 Å². The minimum Gasteiger partial charge on any atom is -0.382 e. The van der Waals surface area contributed by atoms with E-state index in [9.17, 15) is 0 Å². The van der Waals surface area contributed by atoms with Crippen LogP contribution in [0.25, 0.3) is 0 Å². The fourth-order valence-electron chi connectivity index (χ4n) is 1.62. The lowest BCUT2D eigenvalue weighted by Crippen LogP contribution is -2.38. The van der Waals surface area contributed by atoms with Gasteiger partial charge in [-0.25, -0.2) is 0 Å². The zero-order valence-electron chi connectivity index (χ0n) is 14.0. The summed E-state index contributed by atoms with van der Waals surface area (Å²) >= 11 is 0. The Balaban J connectivity index is 3.56. The van der Waals surface area contributed by atoms with Gasteiger partial charge in [0.05, 0.1) is 13.2 Å². The molecule has 0 rings (SSSR count). The van der Waals surface area contributed by atoms with Crippen molar-refractivity contribution >= 4 is 5.96 Å². The number of nitrogens with zero attached hydrogens (tertiary/aromatic N) is 1. The lowest BCUT2D eigenvalue weighted by Gasteiger charge is -2.11. The van der Waals surface area contributed by atoms with Crippen LogP contribution >= 0.6 is 0 Å². The number of nitrogens with one attached hydrogen (secondary N) is 2. The van der Waals surface area contributed by atoms with Crippen LogP contribution in [0.4, 0.5) is 0 Å². The van der Waals surface area contributed by atoms with Gasteiger partial charge in [-0.15, -0.1) is 0 Å². The molecule has 0 radical (unpaired) electrons. The third-order valence-corrected chi connectivity index (χ3v) is 2.70. The summed E-state index contributed by atoms with van der Waals surface area (Å²) in [6.45, 7) is 10.3. The number of hydrogen-bond acceptors (Lipinski definition) is 4. The van der Waals surface area contributed by atoms with Crippen LogP contribution in [0.5, 0.6) is 0 Å². The Kier molecular flexibility index (Phi) is 16.5. The SMILES string of the molecule is CCNC(=NCCCOCC)NCCCCOCCOC. The predicted octanol–water partition coefficient (Wildman–Crippen LogP) is 1.41. The van der Waals surface area contributed by atoms with Gasteiger partial charge in [-0.2, -0.15) is 0 Å². The maximum Gasteiger partial charge on any atom is 0.191 e. The van der Waals surface area contributed by atoms with Crippen molar-refractivity contribution in [2.45, 2.75) is 33.1 Å². The molecule has 0 aliphatic rings. The number of aliphatic imine (C=N–C) groups is 1. The summed E-state index contributed by atoms with van der Waals surface area (Å²) in [6, 6.07) is 0. The zero-order chi connectivity index (χ0) is 15.6. The summed E-state index contributed by atoms with van der Waals surface area (Å²) in [7, 11) is 1.68. The van der Waals surface area contributed by atoms with E-state index in [0.29, 0.717) is 13.2 Å². The Morgan fingerprint density at radius 1 is 0.905 bits per heavy atom. The molecule has 0 aromatic heterocycles. The molecule has 0 aliphatic carbocycles. The Labute approximate surface area is 129 Å². The van der Waals surface area contributed by atoms with Crippen molar-refractivity contribution in [2.24, 2.45) is 4.99 Å². The Morgan fingerprint density at radius 3 is 2.43 bits per heavy atom. The molecule has 21 heavy (non-hydrogen) atoms. The lowest BCUT2D eigenvalue weighted by atomic mass is 10.3. The Bertz CT molecular complexity index is 238. The van der Waals surface area contributed by atoms with Gasteiger partial charge in [-0.05, 0) is 33.1 Å². The average molecular weight is 303 g/mol. The molecule has 0 aromatic carbocycles.